The van der Waals surface area contributed by atoms with E-state index in [1.165, 1.54) is 38.9 Å². The number of imidazole rings is 2. The van der Waals surface area contributed by atoms with Crippen LogP contribution in [-0.2, 0) is 5.41 Å². The number of aryl methyl sites for hydroxylation is 2. The van der Waals surface area contributed by atoms with Crippen LogP contribution < -0.4 is 0 Å². The maximum atomic E-state index is 4.97. The van der Waals surface area contributed by atoms with Crippen molar-refractivity contribution in [2.45, 2.75) is 19.3 Å². The fraction of sp³-hybridized carbons (Fsp3) is 0.0857. The van der Waals surface area contributed by atoms with Crippen LogP contribution in [0.3, 0.4) is 0 Å². The Kier molecular flexibility index (Phi) is 4.54. The molecular weight excluding hydrogens is 476 g/mol. The second kappa shape index (κ2) is 8.02. The highest BCUT2D eigenvalue weighted by Crippen LogP contribution is 2.56. The van der Waals surface area contributed by atoms with Crippen molar-refractivity contribution in [3.8, 4) is 22.5 Å². The number of H-pyrrole nitrogens is 2. The van der Waals surface area contributed by atoms with Crippen LogP contribution in [0.25, 0.3) is 44.6 Å². The third-order valence-corrected chi connectivity index (χ3v) is 8.25. The molecule has 2 heterocycles. The zero-order valence-electron chi connectivity index (χ0n) is 21.8. The van der Waals surface area contributed by atoms with Crippen molar-refractivity contribution in [2.24, 2.45) is 0 Å². The average molecular weight is 503 g/mol. The monoisotopic (exact) mass is 502 g/mol. The van der Waals surface area contributed by atoms with Crippen molar-refractivity contribution in [2.75, 3.05) is 0 Å². The fourth-order valence-corrected chi connectivity index (χ4v) is 6.51. The first kappa shape index (κ1) is 22.1. The van der Waals surface area contributed by atoms with Crippen molar-refractivity contribution >= 4 is 22.1 Å². The average Bonchev–Trinajstić information content (AvgIpc) is 3.66. The Morgan fingerprint density at radius 1 is 0.538 bits per heavy atom. The molecule has 0 bridgehead atoms. The van der Waals surface area contributed by atoms with Gasteiger partial charge < -0.3 is 9.97 Å². The summed E-state index contributed by atoms with van der Waals surface area (Å²) in [7, 11) is 0. The standard InChI is InChI=1S/C35H26N4/c1-21-11-15-24(16-12-21)35(28-9-5-3-7-26(28)27-8-4-6-10-29(27)35)25-17-13-23(14-18-25)34-38-31-20-19-30-32(33(31)39-34)37-22(2)36-30/h3-20H,1-2H3,(H,36,37)(H,38,39). The summed E-state index contributed by atoms with van der Waals surface area (Å²) in [5, 5.41) is 0. The quantitative estimate of drug-likeness (QED) is 0.256. The van der Waals surface area contributed by atoms with Gasteiger partial charge in [0.05, 0.1) is 16.4 Å². The summed E-state index contributed by atoms with van der Waals surface area (Å²) in [6.07, 6.45) is 0. The summed E-state index contributed by atoms with van der Waals surface area (Å²) in [6, 6.07) is 39.8. The Morgan fingerprint density at radius 3 is 1.72 bits per heavy atom. The molecule has 0 amide bonds. The fourth-order valence-electron chi connectivity index (χ4n) is 6.51. The van der Waals surface area contributed by atoms with Gasteiger partial charge in [0.25, 0.3) is 0 Å². The molecule has 0 saturated heterocycles. The number of fused-ring (bicyclic) bond motifs is 6. The number of benzene rings is 5. The number of nitrogens with zero attached hydrogens (tertiary/aromatic N) is 2. The molecule has 0 atom stereocenters. The third-order valence-electron chi connectivity index (χ3n) is 8.25. The third kappa shape index (κ3) is 3.06. The lowest BCUT2D eigenvalue weighted by molar-refractivity contribution is 0.768. The van der Waals surface area contributed by atoms with Gasteiger partial charge >= 0.3 is 0 Å². The maximum Gasteiger partial charge on any atom is 0.138 e. The molecule has 0 radical (unpaired) electrons. The van der Waals surface area contributed by atoms with Gasteiger partial charge in [0.15, 0.2) is 0 Å². The Bertz CT molecular complexity index is 1980. The molecule has 2 N–H and O–H groups in total. The zero-order valence-corrected chi connectivity index (χ0v) is 21.8. The molecule has 2 aromatic heterocycles. The molecule has 0 saturated carbocycles. The lowest BCUT2D eigenvalue weighted by atomic mass is 9.67. The van der Waals surface area contributed by atoms with Gasteiger partial charge in [-0.1, -0.05) is 103 Å². The molecular formula is C35H26N4. The molecule has 8 rings (SSSR count). The minimum absolute atomic E-state index is 0.397. The molecule has 39 heavy (non-hydrogen) atoms. The van der Waals surface area contributed by atoms with E-state index in [2.05, 4.69) is 131 Å². The van der Waals surface area contributed by atoms with Crippen molar-refractivity contribution in [1.29, 1.82) is 0 Å². The number of aromatic amines is 2. The number of hydrogen-bond acceptors (Lipinski definition) is 2. The van der Waals surface area contributed by atoms with Gasteiger partial charge in [-0.15, -0.1) is 0 Å². The predicted molar refractivity (Wildman–Crippen MR) is 158 cm³/mol. The molecule has 1 aliphatic carbocycles. The molecule has 5 aromatic carbocycles. The van der Waals surface area contributed by atoms with Crippen molar-refractivity contribution in [3.05, 3.63) is 143 Å². The van der Waals surface area contributed by atoms with Gasteiger partial charge in [-0.25, -0.2) is 9.97 Å². The first-order valence-electron chi connectivity index (χ1n) is 13.4. The van der Waals surface area contributed by atoms with Crippen molar-refractivity contribution in [1.82, 2.24) is 19.9 Å². The lowest BCUT2D eigenvalue weighted by Crippen LogP contribution is -2.28. The van der Waals surface area contributed by atoms with Crippen LogP contribution >= 0.6 is 0 Å². The summed E-state index contributed by atoms with van der Waals surface area (Å²) < 4.78 is 0. The molecule has 0 unspecified atom stereocenters. The van der Waals surface area contributed by atoms with Crippen LogP contribution in [0.2, 0.25) is 0 Å². The highest BCUT2D eigenvalue weighted by atomic mass is 15.0. The number of nitrogens with one attached hydrogen (secondary N) is 2. The SMILES string of the molecule is Cc1ccc(C2(c3ccc(-c4nc5c(ccc6[nH]c(C)nc65)[nH]4)cc3)c3ccccc3-c3ccccc32)cc1. The molecule has 186 valence electrons. The van der Waals surface area contributed by atoms with E-state index < -0.39 is 5.41 Å². The predicted octanol–water partition coefficient (Wildman–Crippen LogP) is 8.09. The van der Waals surface area contributed by atoms with E-state index in [-0.39, 0.29) is 0 Å². The van der Waals surface area contributed by atoms with E-state index in [1.54, 1.807) is 0 Å². The summed E-state index contributed by atoms with van der Waals surface area (Å²) >= 11 is 0. The summed E-state index contributed by atoms with van der Waals surface area (Å²) in [6.45, 7) is 4.12. The minimum Gasteiger partial charge on any atom is -0.342 e. The number of rotatable bonds is 3. The van der Waals surface area contributed by atoms with E-state index in [0.29, 0.717) is 0 Å². The Labute approximate surface area is 226 Å². The van der Waals surface area contributed by atoms with Crippen LogP contribution in [0.5, 0.6) is 0 Å². The summed E-state index contributed by atoms with van der Waals surface area (Å²) in [4.78, 5) is 16.5. The molecule has 0 spiro atoms. The minimum atomic E-state index is -0.397. The second-order valence-corrected chi connectivity index (χ2v) is 10.6. The largest absolute Gasteiger partial charge is 0.342 e. The van der Waals surface area contributed by atoms with Crippen LogP contribution in [0.15, 0.2) is 109 Å². The molecule has 0 aliphatic heterocycles. The van der Waals surface area contributed by atoms with Crippen LogP contribution in [-0.4, -0.2) is 19.9 Å². The van der Waals surface area contributed by atoms with E-state index in [1.807, 2.05) is 6.92 Å². The van der Waals surface area contributed by atoms with Gasteiger partial charge in [-0.3, -0.25) is 0 Å². The normalized spacial score (nSPS) is 13.6. The molecule has 7 aromatic rings. The molecule has 4 heteroatoms. The van der Waals surface area contributed by atoms with E-state index in [4.69, 9.17) is 4.98 Å². The van der Waals surface area contributed by atoms with Crippen LogP contribution in [0, 0.1) is 13.8 Å². The van der Waals surface area contributed by atoms with Crippen LogP contribution in [0.1, 0.15) is 33.6 Å². The van der Waals surface area contributed by atoms with Gasteiger partial charge in [0.1, 0.15) is 22.7 Å². The zero-order chi connectivity index (χ0) is 26.1. The number of aromatic nitrogens is 4. The Hall–Kier alpha value is -4.96. The topological polar surface area (TPSA) is 57.4 Å². The van der Waals surface area contributed by atoms with Crippen molar-refractivity contribution < 1.29 is 0 Å². The molecule has 1 aliphatic rings. The van der Waals surface area contributed by atoms with Gasteiger partial charge in [0, 0.05) is 5.56 Å². The highest BCUT2D eigenvalue weighted by Gasteiger charge is 2.45. The van der Waals surface area contributed by atoms with Gasteiger partial charge in [0.2, 0.25) is 0 Å². The van der Waals surface area contributed by atoms with Gasteiger partial charge in [-0.05, 0) is 59.4 Å². The van der Waals surface area contributed by atoms with E-state index in [0.717, 1.165) is 39.3 Å². The lowest BCUT2D eigenvalue weighted by Gasteiger charge is -2.34. The van der Waals surface area contributed by atoms with Crippen LogP contribution in [0.4, 0.5) is 0 Å². The van der Waals surface area contributed by atoms with E-state index >= 15 is 0 Å². The first-order valence-corrected chi connectivity index (χ1v) is 13.4. The summed E-state index contributed by atoms with van der Waals surface area (Å²) in [5.41, 5.74) is 13.5. The van der Waals surface area contributed by atoms with Crippen molar-refractivity contribution in [3.63, 3.8) is 0 Å². The summed E-state index contributed by atoms with van der Waals surface area (Å²) in [5.74, 6) is 1.74. The molecule has 0 fully saturated rings. The second-order valence-electron chi connectivity index (χ2n) is 10.6. The Morgan fingerprint density at radius 2 is 1.08 bits per heavy atom. The van der Waals surface area contributed by atoms with E-state index in [9.17, 15) is 0 Å². The Balaban J connectivity index is 1.33. The highest BCUT2D eigenvalue weighted by molar-refractivity contribution is 6.01. The van der Waals surface area contributed by atoms with Gasteiger partial charge in [-0.2, -0.15) is 0 Å². The first-order chi connectivity index (χ1) is 19.1. The molecule has 4 nitrogen and oxygen atoms in total. The number of hydrogen-bond donors (Lipinski definition) is 2. The smallest absolute Gasteiger partial charge is 0.138 e. The maximum absolute atomic E-state index is 4.97.